The fraction of sp³-hybridized carbons (Fsp3) is 0.667. The quantitative estimate of drug-likeness (QED) is 0.752. The molecule has 3 saturated heterocycles. The minimum atomic E-state index is -3.10. The minimum absolute atomic E-state index is 0.0480. The molecule has 4 heterocycles. The Bertz CT molecular complexity index is 951. The average Bonchev–Trinajstić information content (AvgIpc) is 3.04. The van der Waals surface area contributed by atoms with Crippen LogP contribution < -0.4 is 9.80 Å². The summed E-state index contributed by atoms with van der Waals surface area (Å²) < 4.78 is 43.4. The maximum atomic E-state index is 14.8. The number of piperidine rings is 2. The van der Waals surface area contributed by atoms with E-state index >= 15 is 0 Å². The van der Waals surface area contributed by atoms with Crippen LogP contribution in [0.4, 0.5) is 30.5 Å². The first-order valence-electron chi connectivity index (χ1n) is 10.4. The van der Waals surface area contributed by atoms with Gasteiger partial charge in [0.15, 0.2) is 0 Å². The zero-order valence-corrected chi connectivity index (χ0v) is 16.6. The van der Waals surface area contributed by atoms with Crippen molar-refractivity contribution < 1.29 is 23.1 Å². The maximum Gasteiger partial charge on any atom is 0.303 e. The molecule has 0 amide bonds. The van der Waals surface area contributed by atoms with E-state index in [1.54, 1.807) is 11.8 Å². The number of alkyl halides is 3. The predicted molar refractivity (Wildman–Crippen MR) is 104 cm³/mol. The van der Waals surface area contributed by atoms with Crippen molar-refractivity contribution in [1.29, 1.82) is 0 Å². The Balaban J connectivity index is 1.55. The van der Waals surface area contributed by atoms with Gasteiger partial charge in [0, 0.05) is 31.5 Å². The second kappa shape index (κ2) is 6.50. The van der Waals surface area contributed by atoms with Crippen molar-refractivity contribution in [3.05, 3.63) is 22.5 Å². The molecule has 4 unspecified atom stereocenters. The van der Waals surface area contributed by atoms with Crippen LogP contribution in [0, 0.1) is 24.3 Å². The molecule has 160 valence electrons. The van der Waals surface area contributed by atoms with Gasteiger partial charge in [-0.15, -0.1) is 0 Å². The number of rotatable bonds is 4. The average molecular weight is 420 g/mol. The van der Waals surface area contributed by atoms with E-state index in [0.29, 0.717) is 24.5 Å². The molecule has 3 aliphatic heterocycles. The lowest BCUT2D eigenvalue weighted by Gasteiger charge is -2.54. The van der Waals surface area contributed by atoms with Crippen LogP contribution in [0.5, 0.6) is 0 Å². The second-order valence-corrected chi connectivity index (χ2v) is 9.11. The third-order valence-corrected chi connectivity index (χ3v) is 7.49. The highest BCUT2D eigenvalue weighted by Crippen LogP contribution is 2.55. The number of anilines is 2. The van der Waals surface area contributed by atoms with Gasteiger partial charge in [-0.3, -0.25) is 4.79 Å². The van der Waals surface area contributed by atoms with Crippen molar-refractivity contribution in [3.8, 4) is 0 Å². The van der Waals surface area contributed by atoms with Crippen molar-refractivity contribution in [1.82, 2.24) is 4.98 Å². The fourth-order valence-electron chi connectivity index (χ4n) is 5.73. The van der Waals surface area contributed by atoms with Gasteiger partial charge in [0.2, 0.25) is 5.69 Å². The number of halogens is 3. The van der Waals surface area contributed by atoms with Crippen LogP contribution in [0.2, 0.25) is 0 Å². The van der Waals surface area contributed by atoms with Gasteiger partial charge < -0.3 is 14.9 Å². The molecule has 1 saturated carbocycles. The number of nitrogens with zero attached hydrogens (tertiary/aromatic N) is 4. The fourth-order valence-corrected chi connectivity index (χ4v) is 5.73. The van der Waals surface area contributed by atoms with Gasteiger partial charge in [-0.2, -0.15) is 0 Å². The molecule has 1 aromatic rings. The summed E-state index contributed by atoms with van der Waals surface area (Å²) in [6.45, 7) is 10.4. The van der Waals surface area contributed by atoms with E-state index in [-0.39, 0.29) is 60.6 Å². The number of aromatic nitrogens is 1. The van der Waals surface area contributed by atoms with Crippen LogP contribution in [0.3, 0.4) is 0 Å². The molecule has 0 spiro atoms. The van der Waals surface area contributed by atoms with Crippen LogP contribution in [-0.2, 0) is 17.1 Å². The first kappa shape index (κ1) is 19.5. The van der Waals surface area contributed by atoms with Crippen LogP contribution >= 0.6 is 0 Å². The predicted octanol–water partition coefficient (Wildman–Crippen LogP) is 3.76. The molecule has 4 fully saturated rings. The molecular formula is C21H23F3N4O2. The maximum absolute atomic E-state index is 14.8. The number of aliphatic carboxylic acids is 1. The first-order valence-corrected chi connectivity index (χ1v) is 10.4. The number of carboxylic acid groups (broad SMARTS) is 1. The molecule has 4 atom stereocenters. The molecule has 2 aliphatic carbocycles. The molecule has 6 nitrogen and oxygen atoms in total. The van der Waals surface area contributed by atoms with E-state index < -0.39 is 24.1 Å². The molecule has 5 aliphatic rings. The summed E-state index contributed by atoms with van der Waals surface area (Å²) in [5.74, 6) is -2.74. The number of pyridine rings is 1. The van der Waals surface area contributed by atoms with Crippen molar-refractivity contribution in [3.63, 3.8) is 0 Å². The minimum Gasteiger partial charge on any atom is -0.481 e. The number of hydrogen-bond donors (Lipinski definition) is 1. The normalized spacial score (nSPS) is 33.4. The zero-order valence-electron chi connectivity index (χ0n) is 16.6. The Labute approximate surface area is 172 Å². The topological polar surface area (TPSA) is 61.0 Å². The third kappa shape index (κ3) is 2.69. The summed E-state index contributed by atoms with van der Waals surface area (Å²) in [5.41, 5.74) is 0.0325. The smallest absolute Gasteiger partial charge is 0.303 e. The first-order chi connectivity index (χ1) is 14.2. The Morgan fingerprint density at radius 1 is 1.30 bits per heavy atom. The molecule has 0 aromatic carbocycles. The van der Waals surface area contributed by atoms with Crippen molar-refractivity contribution in [2.75, 3.05) is 29.4 Å². The van der Waals surface area contributed by atoms with Gasteiger partial charge in [0.25, 0.3) is 5.92 Å². The summed E-state index contributed by atoms with van der Waals surface area (Å²) in [7, 11) is 0. The van der Waals surface area contributed by atoms with Crippen molar-refractivity contribution >= 4 is 23.3 Å². The lowest BCUT2D eigenvalue weighted by molar-refractivity contribution is -0.141. The van der Waals surface area contributed by atoms with Gasteiger partial charge in [-0.25, -0.2) is 23.0 Å². The SMILES string of the molecule is [C-]#[N+]c1c(N2CC(F)C2C)nc(N2CC3CC(C2)C3CC(=O)O)c2c1C(F)(F)CC2. The molecule has 1 N–H and O–H groups in total. The van der Waals surface area contributed by atoms with E-state index in [4.69, 9.17) is 11.7 Å². The Kier molecular flexibility index (Phi) is 4.21. The molecule has 6 rings (SSSR count). The Morgan fingerprint density at radius 3 is 2.57 bits per heavy atom. The van der Waals surface area contributed by atoms with Crippen LogP contribution in [0.15, 0.2) is 0 Å². The number of hydrogen-bond acceptors (Lipinski definition) is 4. The summed E-state index contributed by atoms with van der Waals surface area (Å²) in [4.78, 5) is 22.8. The highest BCUT2D eigenvalue weighted by Gasteiger charge is 2.51. The molecular weight excluding hydrogens is 397 g/mol. The summed E-state index contributed by atoms with van der Waals surface area (Å²) in [6, 6.07) is -0.506. The van der Waals surface area contributed by atoms with Gasteiger partial charge in [-0.05, 0) is 43.1 Å². The Hall–Kier alpha value is -2.50. The summed E-state index contributed by atoms with van der Waals surface area (Å²) in [5, 5.41) is 9.13. The summed E-state index contributed by atoms with van der Waals surface area (Å²) >= 11 is 0. The number of carboxylic acids is 1. The molecule has 9 heteroatoms. The van der Waals surface area contributed by atoms with E-state index in [2.05, 4.69) is 9.83 Å². The number of fused-ring (bicyclic) bond motifs is 3. The van der Waals surface area contributed by atoms with Gasteiger partial charge in [0.1, 0.15) is 17.8 Å². The lowest BCUT2D eigenvalue weighted by Crippen LogP contribution is -2.57. The number of carbonyl (C=O) groups is 1. The van der Waals surface area contributed by atoms with E-state index in [1.807, 2.05) is 4.90 Å². The lowest BCUT2D eigenvalue weighted by atomic mass is 9.60. The summed E-state index contributed by atoms with van der Waals surface area (Å²) in [6.07, 6.45) is -0.183. The standard InChI is InChI=1S/C21H23F3N4O2/c1-10-15(22)9-28(10)20-18(25-2)17-13(3-4-21(17,23)24)19(26-20)27-7-11-5-12(8-27)14(11)6-16(29)30/h10-12,14-15H,3-9H2,1H3,(H,29,30). The van der Waals surface area contributed by atoms with Gasteiger partial charge >= 0.3 is 5.97 Å². The van der Waals surface area contributed by atoms with E-state index in [9.17, 15) is 18.0 Å². The van der Waals surface area contributed by atoms with E-state index in [1.165, 1.54) is 0 Å². The Morgan fingerprint density at radius 2 is 2.00 bits per heavy atom. The monoisotopic (exact) mass is 420 g/mol. The van der Waals surface area contributed by atoms with Crippen LogP contribution in [0.25, 0.3) is 4.85 Å². The highest BCUT2D eigenvalue weighted by molar-refractivity contribution is 5.80. The third-order valence-electron chi connectivity index (χ3n) is 7.49. The molecule has 1 aromatic heterocycles. The highest BCUT2D eigenvalue weighted by atomic mass is 19.3. The van der Waals surface area contributed by atoms with Gasteiger partial charge in [-0.1, -0.05) is 0 Å². The van der Waals surface area contributed by atoms with E-state index in [0.717, 1.165) is 6.42 Å². The van der Waals surface area contributed by atoms with Crippen molar-refractivity contribution in [2.45, 2.75) is 50.7 Å². The van der Waals surface area contributed by atoms with Crippen LogP contribution in [0.1, 0.15) is 37.3 Å². The largest absolute Gasteiger partial charge is 0.481 e. The van der Waals surface area contributed by atoms with Gasteiger partial charge in [0.05, 0.1) is 19.2 Å². The molecule has 2 bridgehead atoms. The van der Waals surface area contributed by atoms with Crippen LogP contribution in [-0.4, -0.2) is 47.9 Å². The van der Waals surface area contributed by atoms with Crippen molar-refractivity contribution in [2.24, 2.45) is 17.8 Å². The zero-order chi connectivity index (χ0) is 21.4. The molecule has 0 radical (unpaired) electrons. The second-order valence-electron chi connectivity index (χ2n) is 9.11. The molecule has 30 heavy (non-hydrogen) atoms.